The normalized spacial score (nSPS) is 28.9. The van der Waals surface area contributed by atoms with Crippen molar-refractivity contribution in [2.75, 3.05) is 26.7 Å². The summed E-state index contributed by atoms with van der Waals surface area (Å²) in [6.45, 7) is 1.70. The fraction of sp³-hybridized carbons (Fsp3) is 1.00. The van der Waals surface area contributed by atoms with Crippen LogP contribution in [0.4, 0.5) is 0 Å². The maximum Gasteiger partial charge on any atom is 0.281 e. The van der Waals surface area contributed by atoms with Crippen LogP contribution in [0.1, 0.15) is 19.3 Å². The average Bonchev–Trinajstić information content (AvgIpc) is 2.86. The molecule has 1 aliphatic carbocycles. The summed E-state index contributed by atoms with van der Waals surface area (Å²) in [5, 5.41) is 0. The zero-order valence-corrected chi connectivity index (χ0v) is 9.91. The minimum atomic E-state index is -3.24. The second-order valence-electron chi connectivity index (χ2n) is 4.64. The summed E-state index contributed by atoms with van der Waals surface area (Å²) >= 11 is 0. The van der Waals surface area contributed by atoms with Crippen molar-refractivity contribution < 1.29 is 8.42 Å². The summed E-state index contributed by atoms with van der Waals surface area (Å²) in [4.78, 5) is 0. The predicted molar refractivity (Wildman–Crippen MR) is 58.4 cm³/mol. The Bertz CT molecular complexity index is 326. The van der Waals surface area contributed by atoms with Gasteiger partial charge in [0.2, 0.25) is 0 Å². The van der Waals surface area contributed by atoms with E-state index in [9.17, 15) is 8.42 Å². The molecule has 15 heavy (non-hydrogen) atoms. The van der Waals surface area contributed by atoms with Crippen LogP contribution in [0.5, 0.6) is 0 Å². The highest BCUT2D eigenvalue weighted by atomic mass is 32.2. The van der Waals surface area contributed by atoms with Gasteiger partial charge in [0.15, 0.2) is 0 Å². The van der Waals surface area contributed by atoms with Crippen LogP contribution in [0.15, 0.2) is 0 Å². The molecule has 2 fully saturated rings. The van der Waals surface area contributed by atoms with Crippen molar-refractivity contribution in [1.82, 2.24) is 8.61 Å². The molecular formula is C9H19N3O2S. The molecule has 1 aliphatic heterocycles. The molecule has 0 unspecified atom stereocenters. The lowest BCUT2D eigenvalue weighted by molar-refractivity contribution is 0.384. The van der Waals surface area contributed by atoms with Crippen molar-refractivity contribution in [2.45, 2.75) is 25.3 Å². The van der Waals surface area contributed by atoms with E-state index >= 15 is 0 Å². The highest BCUT2D eigenvalue weighted by molar-refractivity contribution is 7.86. The lowest BCUT2D eigenvalue weighted by atomic mass is 10.3. The Morgan fingerprint density at radius 1 is 1.40 bits per heavy atom. The number of rotatable bonds is 4. The maximum atomic E-state index is 12.0. The SMILES string of the molecule is CN(CC1CC1)S(=O)(=O)N1CC[C@H](N)C1. The lowest BCUT2D eigenvalue weighted by Gasteiger charge is -2.23. The molecule has 2 N–H and O–H groups in total. The topological polar surface area (TPSA) is 66.6 Å². The van der Waals surface area contributed by atoms with Gasteiger partial charge in [0.25, 0.3) is 10.2 Å². The summed E-state index contributed by atoms with van der Waals surface area (Å²) in [5.74, 6) is 0.584. The van der Waals surface area contributed by atoms with Gasteiger partial charge < -0.3 is 5.73 Å². The van der Waals surface area contributed by atoms with Crippen LogP contribution in [0.25, 0.3) is 0 Å². The Morgan fingerprint density at radius 2 is 2.07 bits per heavy atom. The molecule has 88 valence electrons. The monoisotopic (exact) mass is 233 g/mol. The molecule has 0 radical (unpaired) electrons. The van der Waals surface area contributed by atoms with Crippen LogP contribution in [0.3, 0.4) is 0 Å². The van der Waals surface area contributed by atoms with Gasteiger partial charge in [-0.25, -0.2) is 0 Å². The van der Waals surface area contributed by atoms with Gasteiger partial charge in [-0.05, 0) is 25.2 Å². The molecule has 2 rings (SSSR count). The van der Waals surface area contributed by atoms with Crippen LogP contribution >= 0.6 is 0 Å². The molecule has 5 nitrogen and oxygen atoms in total. The fourth-order valence-electron chi connectivity index (χ4n) is 1.92. The van der Waals surface area contributed by atoms with Crippen molar-refractivity contribution in [1.29, 1.82) is 0 Å². The fourth-order valence-corrected chi connectivity index (χ4v) is 3.43. The van der Waals surface area contributed by atoms with E-state index in [0.717, 1.165) is 6.42 Å². The van der Waals surface area contributed by atoms with E-state index in [-0.39, 0.29) is 6.04 Å². The third-order valence-electron chi connectivity index (χ3n) is 3.12. The minimum Gasteiger partial charge on any atom is -0.326 e. The molecule has 1 saturated carbocycles. The van der Waals surface area contributed by atoms with Crippen LogP contribution in [0, 0.1) is 5.92 Å². The van der Waals surface area contributed by atoms with E-state index in [2.05, 4.69) is 0 Å². The molecule has 0 bridgehead atoms. The Morgan fingerprint density at radius 3 is 2.53 bits per heavy atom. The first-order chi connectivity index (χ1) is 7.00. The van der Waals surface area contributed by atoms with Gasteiger partial charge in [0, 0.05) is 32.7 Å². The second kappa shape index (κ2) is 4.01. The Kier molecular flexibility index (Phi) is 3.03. The predicted octanol–water partition coefficient (Wildman–Crippen LogP) is -0.394. The average molecular weight is 233 g/mol. The van der Waals surface area contributed by atoms with E-state index in [1.54, 1.807) is 7.05 Å². The zero-order chi connectivity index (χ0) is 11.1. The van der Waals surface area contributed by atoms with Crippen LogP contribution in [-0.4, -0.2) is 49.8 Å². The number of hydrogen-bond acceptors (Lipinski definition) is 3. The largest absolute Gasteiger partial charge is 0.326 e. The molecular weight excluding hydrogens is 214 g/mol. The Labute approximate surface area is 91.4 Å². The standard InChI is InChI=1S/C9H19N3O2S/c1-11(6-8-2-3-8)15(13,14)12-5-4-9(10)7-12/h8-9H,2-7,10H2,1H3/t9-/m0/s1. The molecule has 0 spiro atoms. The van der Waals surface area contributed by atoms with Crippen LogP contribution < -0.4 is 5.73 Å². The molecule has 0 aromatic rings. The molecule has 6 heteroatoms. The lowest BCUT2D eigenvalue weighted by Crippen LogP contribution is -2.42. The van der Waals surface area contributed by atoms with Crippen molar-refractivity contribution >= 4 is 10.2 Å². The second-order valence-corrected chi connectivity index (χ2v) is 6.67. The van der Waals surface area contributed by atoms with E-state index in [1.165, 1.54) is 21.5 Å². The smallest absolute Gasteiger partial charge is 0.281 e. The summed E-state index contributed by atoms with van der Waals surface area (Å²) in [6.07, 6.45) is 3.11. The quantitative estimate of drug-likeness (QED) is 0.719. The molecule has 0 aromatic carbocycles. The van der Waals surface area contributed by atoms with Crippen LogP contribution in [0.2, 0.25) is 0 Å². The molecule has 1 atom stereocenters. The molecule has 0 amide bonds. The summed E-state index contributed by atoms with van der Waals surface area (Å²) in [5.41, 5.74) is 5.71. The Balaban J connectivity index is 1.98. The van der Waals surface area contributed by atoms with Crippen molar-refractivity contribution in [2.24, 2.45) is 11.7 Å². The molecule has 1 heterocycles. The van der Waals surface area contributed by atoms with Gasteiger partial charge in [-0.1, -0.05) is 0 Å². The minimum absolute atomic E-state index is 0.00843. The number of hydrogen-bond donors (Lipinski definition) is 1. The molecule has 2 aliphatic rings. The van der Waals surface area contributed by atoms with Crippen molar-refractivity contribution in [3.8, 4) is 0 Å². The highest BCUT2D eigenvalue weighted by Gasteiger charge is 2.35. The van der Waals surface area contributed by atoms with Gasteiger partial charge >= 0.3 is 0 Å². The highest BCUT2D eigenvalue weighted by Crippen LogP contribution is 2.30. The number of nitrogens with zero attached hydrogens (tertiary/aromatic N) is 2. The van der Waals surface area contributed by atoms with E-state index < -0.39 is 10.2 Å². The van der Waals surface area contributed by atoms with Crippen molar-refractivity contribution in [3.05, 3.63) is 0 Å². The van der Waals surface area contributed by atoms with Crippen LogP contribution in [-0.2, 0) is 10.2 Å². The third kappa shape index (κ3) is 2.50. The first-order valence-corrected chi connectivity index (χ1v) is 6.87. The molecule has 0 aromatic heterocycles. The summed E-state index contributed by atoms with van der Waals surface area (Å²) in [6, 6.07) is 0.00843. The molecule has 1 saturated heterocycles. The maximum absolute atomic E-state index is 12.0. The first-order valence-electron chi connectivity index (χ1n) is 5.47. The van der Waals surface area contributed by atoms with Gasteiger partial charge in [0.1, 0.15) is 0 Å². The van der Waals surface area contributed by atoms with Crippen molar-refractivity contribution in [3.63, 3.8) is 0 Å². The van der Waals surface area contributed by atoms with Gasteiger partial charge in [-0.3, -0.25) is 0 Å². The van der Waals surface area contributed by atoms with E-state index in [4.69, 9.17) is 5.73 Å². The van der Waals surface area contributed by atoms with Gasteiger partial charge in [-0.2, -0.15) is 17.0 Å². The van der Waals surface area contributed by atoms with Gasteiger partial charge in [0.05, 0.1) is 0 Å². The number of nitrogens with two attached hydrogens (primary N) is 1. The van der Waals surface area contributed by atoms with E-state index in [1.807, 2.05) is 0 Å². The van der Waals surface area contributed by atoms with E-state index in [0.29, 0.717) is 25.6 Å². The summed E-state index contributed by atoms with van der Waals surface area (Å²) in [7, 11) is -1.58. The zero-order valence-electron chi connectivity index (χ0n) is 9.09. The third-order valence-corrected chi connectivity index (χ3v) is 5.04. The van der Waals surface area contributed by atoms with Gasteiger partial charge in [-0.15, -0.1) is 0 Å². The first kappa shape index (κ1) is 11.3. The summed E-state index contributed by atoms with van der Waals surface area (Å²) < 4.78 is 27.1. The Hall–Kier alpha value is -0.170.